The lowest BCUT2D eigenvalue weighted by molar-refractivity contribution is -0.123. The minimum absolute atomic E-state index is 0.0153. The predicted molar refractivity (Wildman–Crippen MR) is 102 cm³/mol. The fourth-order valence-electron chi connectivity index (χ4n) is 3.49. The second-order valence-corrected chi connectivity index (χ2v) is 6.88. The SMILES string of the molecule is O=C(Cn1cc(C(=O)c2ccc(F)cc2)c2ccncc21)N[C@@H]1CCCOC1. The van der Waals surface area contributed by atoms with Gasteiger partial charge in [-0.2, -0.15) is 0 Å². The van der Waals surface area contributed by atoms with E-state index in [-0.39, 0.29) is 24.3 Å². The van der Waals surface area contributed by atoms with Gasteiger partial charge in [0.15, 0.2) is 5.78 Å². The van der Waals surface area contributed by atoms with Gasteiger partial charge < -0.3 is 14.6 Å². The lowest BCUT2D eigenvalue weighted by Gasteiger charge is -2.23. The van der Waals surface area contributed by atoms with Crippen LogP contribution in [0.1, 0.15) is 28.8 Å². The van der Waals surface area contributed by atoms with Crippen molar-refractivity contribution in [2.24, 2.45) is 0 Å². The second kappa shape index (κ2) is 7.90. The van der Waals surface area contributed by atoms with Crippen LogP contribution in [0.4, 0.5) is 4.39 Å². The number of fused-ring (bicyclic) bond motifs is 1. The topological polar surface area (TPSA) is 73.2 Å². The molecule has 1 aliphatic rings. The third-order valence-corrected chi connectivity index (χ3v) is 4.87. The number of hydrogen-bond acceptors (Lipinski definition) is 4. The highest BCUT2D eigenvalue weighted by Gasteiger charge is 2.20. The quantitative estimate of drug-likeness (QED) is 0.690. The molecule has 6 nitrogen and oxygen atoms in total. The van der Waals surface area contributed by atoms with Crippen molar-refractivity contribution in [3.8, 4) is 0 Å². The van der Waals surface area contributed by atoms with Gasteiger partial charge in [0.25, 0.3) is 0 Å². The monoisotopic (exact) mass is 381 g/mol. The van der Waals surface area contributed by atoms with Gasteiger partial charge in [0.2, 0.25) is 5.91 Å². The summed E-state index contributed by atoms with van der Waals surface area (Å²) in [6.07, 6.45) is 6.72. The van der Waals surface area contributed by atoms with Crippen LogP contribution in [-0.4, -0.2) is 40.5 Å². The number of halogens is 1. The van der Waals surface area contributed by atoms with Gasteiger partial charge in [0.05, 0.1) is 24.4 Å². The largest absolute Gasteiger partial charge is 0.379 e. The number of pyridine rings is 1. The fourth-order valence-corrected chi connectivity index (χ4v) is 3.49. The first kappa shape index (κ1) is 18.3. The average molecular weight is 381 g/mol. The van der Waals surface area contributed by atoms with Crippen LogP contribution in [0.3, 0.4) is 0 Å². The van der Waals surface area contributed by atoms with Crippen molar-refractivity contribution in [2.75, 3.05) is 13.2 Å². The van der Waals surface area contributed by atoms with Crippen molar-refractivity contribution in [1.82, 2.24) is 14.9 Å². The molecule has 1 fully saturated rings. The maximum Gasteiger partial charge on any atom is 0.240 e. The predicted octanol–water partition coefficient (Wildman–Crippen LogP) is 2.70. The maximum atomic E-state index is 13.2. The van der Waals surface area contributed by atoms with Crippen LogP contribution in [0, 0.1) is 5.82 Å². The minimum atomic E-state index is -0.397. The van der Waals surface area contributed by atoms with Gasteiger partial charge in [-0.3, -0.25) is 14.6 Å². The normalized spacial score (nSPS) is 16.8. The van der Waals surface area contributed by atoms with Crippen molar-refractivity contribution in [2.45, 2.75) is 25.4 Å². The van der Waals surface area contributed by atoms with Crippen LogP contribution in [0.2, 0.25) is 0 Å². The van der Waals surface area contributed by atoms with Crippen LogP contribution >= 0.6 is 0 Å². The molecule has 0 bridgehead atoms. The number of nitrogens with zero attached hydrogens (tertiary/aromatic N) is 2. The Labute approximate surface area is 161 Å². The molecule has 2 aromatic heterocycles. The maximum absolute atomic E-state index is 13.2. The standard InChI is InChI=1S/C21H20FN3O3/c22-15-5-3-14(4-6-15)21(27)18-11-25(19-10-23-8-7-17(18)19)12-20(26)24-16-2-1-9-28-13-16/h3-8,10-11,16H,1-2,9,12-13H2,(H,24,26)/t16-/m1/s1. The Balaban J connectivity index is 1.60. The molecule has 28 heavy (non-hydrogen) atoms. The molecule has 3 aromatic rings. The number of benzene rings is 1. The van der Waals surface area contributed by atoms with Crippen LogP contribution in [-0.2, 0) is 16.1 Å². The number of carbonyl (C=O) groups is 2. The van der Waals surface area contributed by atoms with E-state index in [1.807, 2.05) is 0 Å². The molecule has 1 saturated heterocycles. The molecule has 1 aromatic carbocycles. The van der Waals surface area contributed by atoms with Gasteiger partial charge in [0, 0.05) is 35.5 Å². The highest BCUT2D eigenvalue weighted by atomic mass is 19.1. The Morgan fingerprint density at radius 2 is 2.07 bits per heavy atom. The van der Waals surface area contributed by atoms with E-state index in [0.717, 1.165) is 19.4 Å². The molecule has 4 rings (SSSR count). The summed E-state index contributed by atoms with van der Waals surface area (Å²) < 4.78 is 20.3. The number of rotatable bonds is 5. The summed E-state index contributed by atoms with van der Waals surface area (Å²) in [5.74, 6) is -0.764. The Kier molecular flexibility index (Phi) is 5.16. The molecule has 1 N–H and O–H groups in total. The van der Waals surface area contributed by atoms with Gasteiger partial charge >= 0.3 is 0 Å². The minimum Gasteiger partial charge on any atom is -0.379 e. The third kappa shape index (κ3) is 3.80. The van der Waals surface area contributed by atoms with Gasteiger partial charge in [-0.1, -0.05) is 0 Å². The lowest BCUT2D eigenvalue weighted by atomic mass is 10.0. The molecule has 144 valence electrons. The van der Waals surface area contributed by atoms with Crippen LogP contribution in [0.25, 0.3) is 10.9 Å². The van der Waals surface area contributed by atoms with E-state index in [4.69, 9.17) is 4.74 Å². The zero-order valence-corrected chi connectivity index (χ0v) is 15.2. The average Bonchev–Trinajstić information content (AvgIpc) is 3.07. The zero-order valence-electron chi connectivity index (χ0n) is 15.2. The van der Waals surface area contributed by atoms with Crippen molar-refractivity contribution in [3.05, 3.63) is 65.9 Å². The summed E-state index contributed by atoms with van der Waals surface area (Å²) in [5.41, 5.74) is 1.54. The summed E-state index contributed by atoms with van der Waals surface area (Å²) >= 11 is 0. The molecular formula is C21H20FN3O3. The summed E-state index contributed by atoms with van der Waals surface area (Å²) in [6.45, 7) is 1.33. The number of amides is 1. The van der Waals surface area contributed by atoms with Gasteiger partial charge in [0.1, 0.15) is 12.4 Å². The first-order valence-corrected chi connectivity index (χ1v) is 9.22. The van der Waals surface area contributed by atoms with E-state index in [9.17, 15) is 14.0 Å². The first-order valence-electron chi connectivity index (χ1n) is 9.22. The van der Waals surface area contributed by atoms with Crippen molar-refractivity contribution >= 4 is 22.6 Å². The summed E-state index contributed by atoms with van der Waals surface area (Å²) in [5, 5.41) is 3.68. The van der Waals surface area contributed by atoms with Crippen LogP contribution in [0.15, 0.2) is 48.9 Å². The van der Waals surface area contributed by atoms with Crippen molar-refractivity contribution < 1.29 is 18.7 Å². The molecule has 1 atom stereocenters. The van der Waals surface area contributed by atoms with Crippen LogP contribution < -0.4 is 5.32 Å². The van der Waals surface area contributed by atoms with E-state index >= 15 is 0 Å². The Hall–Kier alpha value is -3.06. The number of ether oxygens (including phenoxy) is 1. The molecule has 0 radical (unpaired) electrons. The van der Waals surface area contributed by atoms with Crippen molar-refractivity contribution in [3.63, 3.8) is 0 Å². The van der Waals surface area contributed by atoms with Gasteiger partial charge in [-0.25, -0.2) is 4.39 Å². The molecule has 0 unspecified atom stereocenters. The Bertz CT molecular complexity index is 1010. The number of ketones is 1. The van der Waals surface area contributed by atoms with E-state index in [1.165, 1.54) is 24.3 Å². The van der Waals surface area contributed by atoms with Crippen LogP contribution in [0.5, 0.6) is 0 Å². The zero-order chi connectivity index (χ0) is 19.5. The number of carbonyl (C=O) groups excluding carboxylic acids is 2. The summed E-state index contributed by atoms with van der Waals surface area (Å²) in [4.78, 5) is 29.5. The molecule has 1 aliphatic heterocycles. The highest BCUT2D eigenvalue weighted by molar-refractivity contribution is 6.16. The molecule has 0 saturated carbocycles. The van der Waals surface area contributed by atoms with Crippen molar-refractivity contribution in [1.29, 1.82) is 0 Å². The highest BCUT2D eigenvalue weighted by Crippen LogP contribution is 2.23. The Morgan fingerprint density at radius 3 is 2.82 bits per heavy atom. The van der Waals surface area contributed by atoms with Gasteiger partial charge in [-0.05, 0) is 43.2 Å². The summed E-state index contributed by atoms with van der Waals surface area (Å²) in [6, 6.07) is 7.19. The lowest BCUT2D eigenvalue weighted by Crippen LogP contribution is -2.42. The van der Waals surface area contributed by atoms with E-state index in [2.05, 4.69) is 10.3 Å². The molecule has 3 heterocycles. The van der Waals surface area contributed by atoms with E-state index in [1.54, 1.807) is 29.2 Å². The van der Waals surface area contributed by atoms with E-state index in [0.29, 0.717) is 28.6 Å². The molecular weight excluding hydrogens is 361 g/mol. The van der Waals surface area contributed by atoms with E-state index < -0.39 is 5.82 Å². The molecule has 0 spiro atoms. The summed E-state index contributed by atoms with van der Waals surface area (Å²) in [7, 11) is 0. The second-order valence-electron chi connectivity index (χ2n) is 6.88. The first-order chi connectivity index (χ1) is 13.6. The number of hydrogen-bond donors (Lipinski definition) is 1. The van der Waals surface area contributed by atoms with Gasteiger partial charge in [-0.15, -0.1) is 0 Å². The third-order valence-electron chi connectivity index (χ3n) is 4.87. The number of aromatic nitrogens is 2. The molecule has 1 amide bonds. The smallest absolute Gasteiger partial charge is 0.240 e. The number of nitrogens with one attached hydrogen (secondary N) is 1. The molecule has 0 aliphatic carbocycles. The fraction of sp³-hybridized carbons (Fsp3) is 0.286. The molecule has 7 heteroatoms. The Morgan fingerprint density at radius 1 is 1.25 bits per heavy atom.